The van der Waals surface area contributed by atoms with Crippen molar-refractivity contribution in [3.05, 3.63) is 198 Å². The molecule has 0 aliphatic heterocycles. The number of rotatable bonds is 5. The van der Waals surface area contributed by atoms with Crippen molar-refractivity contribution in [1.82, 2.24) is 0 Å². The minimum absolute atomic E-state index is 0.153. The summed E-state index contributed by atoms with van der Waals surface area (Å²) in [5, 5.41) is 2.31. The second-order valence-corrected chi connectivity index (χ2v) is 16.5. The zero-order chi connectivity index (χ0) is 37.8. The molecule has 8 aromatic carbocycles. The summed E-state index contributed by atoms with van der Waals surface area (Å²) in [7, 11) is 0. The van der Waals surface area contributed by atoms with Gasteiger partial charge in [-0.1, -0.05) is 149 Å². The summed E-state index contributed by atoms with van der Waals surface area (Å²) in [4.78, 5) is 2.43. The zero-order valence-electron chi connectivity index (χ0n) is 32.1. The maximum Gasteiger partial charge on any atom is 0.143 e. The van der Waals surface area contributed by atoms with E-state index in [1.807, 2.05) is 6.07 Å². The average molecular weight is 720 g/mol. The van der Waals surface area contributed by atoms with Crippen LogP contribution in [0.4, 0.5) is 17.1 Å². The molecule has 0 atom stereocenters. The third-order valence-electron chi connectivity index (χ3n) is 12.7. The number of hydrogen-bond acceptors (Lipinski definition) is 2. The molecule has 268 valence electrons. The molecule has 2 aliphatic rings. The largest absolute Gasteiger partial charge is 0.455 e. The van der Waals surface area contributed by atoms with E-state index in [4.69, 9.17) is 4.42 Å². The Morgan fingerprint density at radius 2 is 0.857 bits per heavy atom. The van der Waals surface area contributed by atoms with Gasteiger partial charge in [0.25, 0.3) is 0 Å². The van der Waals surface area contributed by atoms with E-state index < -0.39 is 0 Å². The first-order chi connectivity index (χ1) is 27.3. The maximum atomic E-state index is 6.47. The highest BCUT2D eigenvalue weighted by molar-refractivity contribution is 6.09. The summed E-state index contributed by atoms with van der Waals surface area (Å²) in [5.74, 6) is 0. The van der Waals surface area contributed by atoms with Crippen LogP contribution in [-0.2, 0) is 10.8 Å². The van der Waals surface area contributed by atoms with Crippen molar-refractivity contribution in [2.24, 2.45) is 0 Å². The summed E-state index contributed by atoms with van der Waals surface area (Å²) in [6.45, 7) is 9.50. The highest BCUT2D eigenvalue weighted by Gasteiger charge is 2.38. The Hall–Kier alpha value is -6.64. The van der Waals surface area contributed by atoms with Gasteiger partial charge in [-0.05, 0) is 116 Å². The minimum Gasteiger partial charge on any atom is -0.455 e. The lowest BCUT2D eigenvalue weighted by Crippen LogP contribution is -2.18. The molecule has 0 unspecified atom stereocenters. The average Bonchev–Trinajstić information content (AvgIpc) is 3.81. The van der Waals surface area contributed by atoms with Crippen LogP contribution in [0.15, 0.2) is 180 Å². The molecule has 2 nitrogen and oxygen atoms in total. The van der Waals surface area contributed by atoms with Crippen molar-refractivity contribution in [2.45, 2.75) is 38.5 Å². The Bertz CT molecular complexity index is 3020. The molecule has 0 radical (unpaired) electrons. The van der Waals surface area contributed by atoms with Crippen LogP contribution in [-0.4, -0.2) is 0 Å². The molecule has 1 heterocycles. The van der Waals surface area contributed by atoms with Gasteiger partial charge in [0.1, 0.15) is 11.2 Å². The molecule has 0 saturated carbocycles. The number of furan rings is 1. The third kappa shape index (κ3) is 4.75. The maximum absolute atomic E-state index is 6.47. The fourth-order valence-corrected chi connectivity index (χ4v) is 9.71. The van der Waals surface area contributed by atoms with Crippen LogP contribution in [0, 0.1) is 0 Å². The van der Waals surface area contributed by atoms with Gasteiger partial charge in [-0.3, -0.25) is 0 Å². The van der Waals surface area contributed by atoms with E-state index in [0.717, 1.165) is 44.6 Å². The lowest BCUT2D eigenvalue weighted by atomic mass is 9.81. The van der Waals surface area contributed by atoms with Crippen molar-refractivity contribution >= 4 is 39.0 Å². The van der Waals surface area contributed by atoms with Crippen molar-refractivity contribution in [3.8, 4) is 44.5 Å². The topological polar surface area (TPSA) is 16.4 Å². The van der Waals surface area contributed by atoms with Crippen LogP contribution < -0.4 is 4.90 Å². The molecule has 0 N–H and O–H groups in total. The van der Waals surface area contributed by atoms with E-state index in [9.17, 15) is 0 Å². The molecule has 0 fully saturated rings. The van der Waals surface area contributed by atoms with E-state index in [1.54, 1.807) is 0 Å². The normalized spacial score (nSPS) is 14.4. The minimum atomic E-state index is -0.209. The summed E-state index contributed by atoms with van der Waals surface area (Å²) in [6, 6.07) is 64.5. The van der Waals surface area contributed by atoms with Gasteiger partial charge in [0, 0.05) is 44.2 Å². The molecule has 2 aliphatic carbocycles. The van der Waals surface area contributed by atoms with Crippen LogP contribution in [0.25, 0.3) is 66.4 Å². The van der Waals surface area contributed by atoms with E-state index in [-0.39, 0.29) is 10.8 Å². The van der Waals surface area contributed by atoms with Crippen molar-refractivity contribution < 1.29 is 4.42 Å². The second-order valence-electron chi connectivity index (χ2n) is 16.5. The zero-order valence-corrected chi connectivity index (χ0v) is 32.1. The van der Waals surface area contributed by atoms with Gasteiger partial charge in [0.05, 0.1) is 0 Å². The Morgan fingerprint density at radius 3 is 1.50 bits per heavy atom. The SMILES string of the molecule is CC1(C)c2cc(-c3ccccc3)ccc2-c2ccc(N(c3ccccc3)c3ccc4c(c3)C(C)(C)c3cc(-c5cccc6c5oc5ccccc56)ccc3-4)cc21. The first kappa shape index (κ1) is 32.8. The molecule has 2 heteroatoms. The summed E-state index contributed by atoms with van der Waals surface area (Å²) in [6.07, 6.45) is 0. The van der Waals surface area contributed by atoms with E-state index in [2.05, 4.69) is 202 Å². The van der Waals surface area contributed by atoms with Gasteiger partial charge in [-0.25, -0.2) is 0 Å². The third-order valence-corrected chi connectivity index (χ3v) is 12.7. The molecule has 0 bridgehead atoms. The van der Waals surface area contributed by atoms with Crippen LogP contribution in [0.5, 0.6) is 0 Å². The van der Waals surface area contributed by atoms with E-state index >= 15 is 0 Å². The monoisotopic (exact) mass is 719 g/mol. The Kier molecular flexibility index (Phi) is 6.98. The first-order valence-corrected chi connectivity index (χ1v) is 19.7. The highest BCUT2D eigenvalue weighted by Crippen LogP contribution is 2.54. The lowest BCUT2D eigenvalue weighted by Gasteiger charge is -2.29. The van der Waals surface area contributed by atoms with Gasteiger partial charge in [-0.15, -0.1) is 0 Å². The number of nitrogens with zero attached hydrogens (tertiary/aromatic N) is 1. The Balaban J connectivity index is 1.00. The van der Waals surface area contributed by atoms with Crippen LogP contribution in [0.2, 0.25) is 0 Å². The highest BCUT2D eigenvalue weighted by atomic mass is 16.3. The second kappa shape index (κ2) is 11.9. The van der Waals surface area contributed by atoms with E-state index in [1.165, 1.54) is 61.2 Å². The quantitative estimate of drug-likeness (QED) is 0.176. The van der Waals surface area contributed by atoms with Gasteiger partial charge in [-0.2, -0.15) is 0 Å². The number of anilines is 3. The van der Waals surface area contributed by atoms with Crippen molar-refractivity contribution in [2.75, 3.05) is 4.90 Å². The molecule has 0 spiro atoms. The van der Waals surface area contributed by atoms with Gasteiger partial charge in [0.2, 0.25) is 0 Å². The standard InChI is InChI=1S/C54H41NO/c1-53(2)47-30-35(34-14-7-5-8-15-34)22-26-41(47)43-28-24-38(32-49(43)53)55(37-16-9-6-10-17-37)39-25-29-44-42-27-23-36(31-48(42)54(3,4)50(44)33-39)40-19-13-20-46-45-18-11-12-21-51(45)56-52(40)46/h5-33H,1-4H3. The van der Waals surface area contributed by atoms with Gasteiger partial charge < -0.3 is 9.32 Å². The van der Waals surface area contributed by atoms with E-state index in [0.29, 0.717) is 0 Å². The molecule has 56 heavy (non-hydrogen) atoms. The van der Waals surface area contributed by atoms with Crippen LogP contribution in [0.3, 0.4) is 0 Å². The lowest BCUT2D eigenvalue weighted by molar-refractivity contribution is 0.660. The van der Waals surface area contributed by atoms with Crippen LogP contribution >= 0.6 is 0 Å². The number of para-hydroxylation sites is 3. The fourth-order valence-electron chi connectivity index (χ4n) is 9.71. The molecular weight excluding hydrogens is 679 g/mol. The molecule has 0 amide bonds. The summed E-state index contributed by atoms with van der Waals surface area (Å²) < 4.78 is 6.47. The number of benzene rings is 8. The molecule has 1 aromatic heterocycles. The summed E-state index contributed by atoms with van der Waals surface area (Å²) >= 11 is 0. The first-order valence-electron chi connectivity index (χ1n) is 19.7. The molecular formula is C54H41NO. The fraction of sp³-hybridized carbons (Fsp3) is 0.111. The molecule has 0 saturated heterocycles. The number of fused-ring (bicyclic) bond motifs is 9. The van der Waals surface area contributed by atoms with Crippen molar-refractivity contribution in [3.63, 3.8) is 0 Å². The molecule has 11 rings (SSSR count). The molecule has 9 aromatic rings. The van der Waals surface area contributed by atoms with Gasteiger partial charge >= 0.3 is 0 Å². The van der Waals surface area contributed by atoms with Crippen LogP contribution in [0.1, 0.15) is 49.9 Å². The smallest absolute Gasteiger partial charge is 0.143 e. The number of hydrogen-bond donors (Lipinski definition) is 0. The van der Waals surface area contributed by atoms with Crippen molar-refractivity contribution in [1.29, 1.82) is 0 Å². The van der Waals surface area contributed by atoms with Gasteiger partial charge in [0.15, 0.2) is 0 Å². The Morgan fingerprint density at radius 1 is 0.357 bits per heavy atom. The predicted octanol–water partition coefficient (Wildman–Crippen LogP) is 15.0. The predicted molar refractivity (Wildman–Crippen MR) is 234 cm³/mol. The Labute approximate surface area is 328 Å². The summed E-state index contributed by atoms with van der Waals surface area (Å²) in [5.41, 5.74) is 20.4.